The lowest BCUT2D eigenvalue weighted by molar-refractivity contribution is 0.102. The Bertz CT molecular complexity index is 647. The lowest BCUT2D eigenvalue weighted by Gasteiger charge is -2.07. The SMILES string of the molecule is Nc1cc(NC(=O)c2ccc(Cl)c(Cl)c2)ccc1Br. The van der Waals surface area contributed by atoms with Crippen molar-refractivity contribution < 1.29 is 4.79 Å². The summed E-state index contributed by atoms with van der Waals surface area (Å²) < 4.78 is 0.778. The van der Waals surface area contributed by atoms with E-state index in [0.717, 1.165) is 4.47 Å². The van der Waals surface area contributed by atoms with Gasteiger partial charge in [-0.15, -0.1) is 0 Å². The van der Waals surface area contributed by atoms with E-state index >= 15 is 0 Å². The van der Waals surface area contributed by atoms with Crippen molar-refractivity contribution in [3.63, 3.8) is 0 Å². The van der Waals surface area contributed by atoms with Gasteiger partial charge in [0.15, 0.2) is 0 Å². The molecule has 0 bridgehead atoms. The van der Waals surface area contributed by atoms with Crippen molar-refractivity contribution >= 4 is 56.4 Å². The molecule has 0 fully saturated rings. The second-order valence-corrected chi connectivity index (χ2v) is 5.49. The number of amides is 1. The number of carbonyl (C=O) groups is 1. The summed E-state index contributed by atoms with van der Waals surface area (Å²) in [4.78, 5) is 12.0. The van der Waals surface area contributed by atoms with Crippen LogP contribution >= 0.6 is 39.1 Å². The van der Waals surface area contributed by atoms with Crippen LogP contribution in [-0.2, 0) is 0 Å². The molecule has 0 aliphatic heterocycles. The highest BCUT2D eigenvalue weighted by Crippen LogP contribution is 2.25. The van der Waals surface area contributed by atoms with Gasteiger partial charge in [0.2, 0.25) is 0 Å². The summed E-state index contributed by atoms with van der Waals surface area (Å²) in [7, 11) is 0. The molecule has 1 amide bonds. The van der Waals surface area contributed by atoms with Gasteiger partial charge in [-0.05, 0) is 52.3 Å². The summed E-state index contributed by atoms with van der Waals surface area (Å²) in [6.45, 7) is 0. The standard InChI is InChI=1S/C13H9BrCl2N2O/c14-9-3-2-8(6-12(9)17)18-13(19)7-1-4-10(15)11(16)5-7/h1-6H,17H2,(H,18,19). The first-order valence-corrected chi connectivity index (χ1v) is 6.83. The Morgan fingerprint density at radius 2 is 1.84 bits per heavy atom. The molecule has 0 atom stereocenters. The van der Waals surface area contributed by atoms with Crippen molar-refractivity contribution in [2.75, 3.05) is 11.1 Å². The molecule has 0 saturated heterocycles. The molecular weight excluding hydrogens is 351 g/mol. The summed E-state index contributed by atoms with van der Waals surface area (Å²) in [6, 6.07) is 9.87. The maximum absolute atomic E-state index is 12.0. The number of nitrogens with one attached hydrogen (secondary N) is 1. The number of anilines is 2. The average molecular weight is 360 g/mol. The second-order valence-electron chi connectivity index (χ2n) is 3.82. The van der Waals surface area contributed by atoms with Crippen LogP contribution in [0.4, 0.5) is 11.4 Å². The van der Waals surface area contributed by atoms with Crippen molar-refractivity contribution in [2.45, 2.75) is 0 Å². The summed E-state index contributed by atoms with van der Waals surface area (Å²) >= 11 is 15.0. The fourth-order valence-corrected chi connectivity index (χ4v) is 2.01. The van der Waals surface area contributed by atoms with Gasteiger partial charge in [-0.3, -0.25) is 4.79 Å². The summed E-state index contributed by atoms with van der Waals surface area (Å²) in [5.41, 5.74) is 7.33. The highest BCUT2D eigenvalue weighted by Gasteiger charge is 2.09. The number of nitrogen functional groups attached to an aromatic ring is 1. The highest BCUT2D eigenvalue weighted by molar-refractivity contribution is 9.10. The topological polar surface area (TPSA) is 55.1 Å². The van der Waals surface area contributed by atoms with E-state index in [1.54, 1.807) is 30.3 Å². The van der Waals surface area contributed by atoms with Crippen LogP contribution in [0.25, 0.3) is 0 Å². The molecule has 0 aromatic heterocycles. The molecule has 98 valence electrons. The molecule has 3 nitrogen and oxygen atoms in total. The molecule has 0 aliphatic carbocycles. The number of hydrogen-bond acceptors (Lipinski definition) is 2. The molecule has 3 N–H and O–H groups in total. The van der Waals surface area contributed by atoms with Crippen LogP contribution in [0.15, 0.2) is 40.9 Å². The van der Waals surface area contributed by atoms with E-state index in [-0.39, 0.29) is 5.91 Å². The Hall–Kier alpha value is -1.23. The van der Waals surface area contributed by atoms with Gasteiger partial charge in [-0.2, -0.15) is 0 Å². The van der Waals surface area contributed by atoms with Crippen molar-refractivity contribution in [1.29, 1.82) is 0 Å². The van der Waals surface area contributed by atoms with Crippen LogP contribution < -0.4 is 11.1 Å². The monoisotopic (exact) mass is 358 g/mol. The maximum atomic E-state index is 12.0. The third-order valence-corrected chi connectivity index (χ3v) is 3.90. The first-order valence-electron chi connectivity index (χ1n) is 5.29. The van der Waals surface area contributed by atoms with E-state index in [2.05, 4.69) is 21.2 Å². The van der Waals surface area contributed by atoms with Gasteiger partial charge in [0.05, 0.1) is 10.0 Å². The first kappa shape index (κ1) is 14.2. The molecule has 6 heteroatoms. The van der Waals surface area contributed by atoms with Gasteiger partial charge < -0.3 is 11.1 Å². The molecule has 0 spiro atoms. The molecule has 0 aliphatic rings. The number of carbonyl (C=O) groups excluding carboxylic acids is 1. The van der Waals surface area contributed by atoms with E-state index in [1.807, 2.05) is 0 Å². The third-order valence-electron chi connectivity index (χ3n) is 2.44. The zero-order chi connectivity index (χ0) is 14.0. The molecular formula is C13H9BrCl2N2O. The van der Waals surface area contributed by atoms with Crippen LogP contribution in [0, 0.1) is 0 Å². The Morgan fingerprint density at radius 3 is 2.47 bits per heavy atom. The minimum Gasteiger partial charge on any atom is -0.398 e. The van der Waals surface area contributed by atoms with E-state index in [0.29, 0.717) is 27.0 Å². The minimum absolute atomic E-state index is 0.278. The lowest BCUT2D eigenvalue weighted by atomic mass is 10.2. The second kappa shape index (κ2) is 5.82. The van der Waals surface area contributed by atoms with Crippen LogP contribution in [0.2, 0.25) is 10.0 Å². The third kappa shape index (κ3) is 3.41. The van der Waals surface area contributed by atoms with Crippen LogP contribution in [-0.4, -0.2) is 5.91 Å². The molecule has 2 aromatic carbocycles. The first-order chi connectivity index (χ1) is 8.97. The molecule has 2 rings (SSSR count). The molecule has 19 heavy (non-hydrogen) atoms. The summed E-state index contributed by atoms with van der Waals surface area (Å²) in [5.74, 6) is -0.278. The Labute approximate surface area is 128 Å². The van der Waals surface area contributed by atoms with Gasteiger partial charge in [0, 0.05) is 21.4 Å². The van der Waals surface area contributed by atoms with Gasteiger partial charge in [-0.25, -0.2) is 0 Å². The van der Waals surface area contributed by atoms with E-state index in [1.165, 1.54) is 6.07 Å². The predicted molar refractivity (Wildman–Crippen MR) is 83.0 cm³/mol. The zero-order valence-electron chi connectivity index (χ0n) is 9.58. The van der Waals surface area contributed by atoms with Gasteiger partial charge in [0.1, 0.15) is 0 Å². The fraction of sp³-hybridized carbons (Fsp3) is 0. The number of benzene rings is 2. The Kier molecular flexibility index (Phi) is 4.34. The van der Waals surface area contributed by atoms with Gasteiger partial charge in [0.25, 0.3) is 5.91 Å². The molecule has 0 radical (unpaired) electrons. The summed E-state index contributed by atoms with van der Waals surface area (Å²) in [5, 5.41) is 3.48. The van der Waals surface area contributed by atoms with E-state index in [4.69, 9.17) is 28.9 Å². The largest absolute Gasteiger partial charge is 0.398 e. The van der Waals surface area contributed by atoms with Crippen molar-refractivity contribution in [3.05, 3.63) is 56.5 Å². The number of nitrogens with two attached hydrogens (primary N) is 1. The Balaban J connectivity index is 2.20. The van der Waals surface area contributed by atoms with E-state index < -0.39 is 0 Å². The lowest BCUT2D eigenvalue weighted by Crippen LogP contribution is -2.12. The number of halogens is 3. The van der Waals surface area contributed by atoms with Crippen LogP contribution in [0.1, 0.15) is 10.4 Å². The van der Waals surface area contributed by atoms with Crippen molar-refractivity contribution in [2.24, 2.45) is 0 Å². The summed E-state index contributed by atoms with van der Waals surface area (Å²) in [6.07, 6.45) is 0. The molecule has 0 heterocycles. The quantitative estimate of drug-likeness (QED) is 0.770. The number of hydrogen-bond donors (Lipinski definition) is 2. The zero-order valence-corrected chi connectivity index (χ0v) is 12.7. The molecule has 0 unspecified atom stereocenters. The van der Waals surface area contributed by atoms with E-state index in [9.17, 15) is 4.79 Å². The van der Waals surface area contributed by atoms with Gasteiger partial charge >= 0.3 is 0 Å². The highest BCUT2D eigenvalue weighted by atomic mass is 79.9. The normalized spacial score (nSPS) is 10.3. The minimum atomic E-state index is -0.278. The Morgan fingerprint density at radius 1 is 1.11 bits per heavy atom. The van der Waals surface area contributed by atoms with Crippen LogP contribution in [0.3, 0.4) is 0 Å². The molecule has 0 saturated carbocycles. The van der Waals surface area contributed by atoms with Crippen molar-refractivity contribution in [3.8, 4) is 0 Å². The van der Waals surface area contributed by atoms with Crippen LogP contribution in [0.5, 0.6) is 0 Å². The maximum Gasteiger partial charge on any atom is 0.255 e. The fourth-order valence-electron chi connectivity index (χ4n) is 1.46. The van der Waals surface area contributed by atoms with Crippen molar-refractivity contribution in [1.82, 2.24) is 0 Å². The molecule has 2 aromatic rings. The average Bonchev–Trinajstić information content (AvgIpc) is 2.37. The smallest absolute Gasteiger partial charge is 0.255 e. The number of rotatable bonds is 2. The van der Waals surface area contributed by atoms with Gasteiger partial charge in [-0.1, -0.05) is 23.2 Å². The predicted octanol–water partition coefficient (Wildman–Crippen LogP) is 4.59.